The molecule has 0 aliphatic carbocycles. The number of benzene rings is 2. The van der Waals surface area contributed by atoms with E-state index in [1.165, 1.54) is 0 Å². The van der Waals surface area contributed by atoms with Crippen LogP contribution in [0.15, 0.2) is 64.4 Å². The Kier molecular flexibility index (Phi) is 2.74. The van der Waals surface area contributed by atoms with Gasteiger partial charge >= 0.3 is 0 Å². The normalized spacial score (nSPS) is 15.8. The first-order valence-electron chi connectivity index (χ1n) is 7.03. The molecule has 0 atom stereocenters. The third-order valence-corrected chi connectivity index (χ3v) is 5.80. The molecule has 3 aromatic rings. The van der Waals surface area contributed by atoms with E-state index in [2.05, 4.69) is 0 Å². The minimum Gasteiger partial charge on any atom is -0.330 e. The molecule has 0 N–H and O–H groups in total. The van der Waals surface area contributed by atoms with Gasteiger partial charge in [0.2, 0.25) is 0 Å². The minimum atomic E-state index is -3.44. The molecule has 0 fully saturated rings. The zero-order valence-electron chi connectivity index (χ0n) is 11.7. The SMILES string of the molecule is O=c1c(-c2ccccc2)c2n(c3ccccc13)CCS2(=O)=O. The summed E-state index contributed by atoms with van der Waals surface area (Å²) in [5.74, 6) is 0.0419. The van der Waals surface area contributed by atoms with Gasteiger partial charge in [0.25, 0.3) is 0 Å². The van der Waals surface area contributed by atoms with Gasteiger partial charge in [-0.25, -0.2) is 8.42 Å². The van der Waals surface area contributed by atoms with E-state index in [1.807, 2.05) is 24.3 Å². The summed E-state index contributed by atoms with van der Waals surface area (Å²) in [5.41, 5.74) is 1.39. The lowest BCUT2D eigenvalue weighted by molar-refractivity contribution is 0.599. The van der Waals surface area contributed by atoms with E-state index in [-0.39, 0.29) is 21.8 Å². The molecule has 0 saturated carbocycles. The Morgan fingerprint density at radius 1 is 0.909 bits per heavy atom. The Bertz CT molecular complexity index is 1050. The van der Waals surface area contributed by atoms with Crippen LogP contribution in [0.1, 0.15) is 0 Å². The molecule has 110 valence electrons. The number of nitrogens with zero attached hydrogens (tertiary/aromatic N) is 1. The number of para-hydroxylation sites is 1. The van der Waals surface area contributed by atoms with Gasteiger partial charge in [0.1, 0.15) is 5.03 Å². The summed E-state index contributed by atoms with van der Waals surface area (Å²) in [6, 6.07) is 16.2. The van der Waals surface area contributed by atoms with Crippen molar-refractivity contribution >= 4 is 20.7 Å². The van der Waals surface area contributed by atoms with E-state index in [0.29, 0.717) is 23.0 Å². The van der Waals surface area contributed by atoms with Crippen molar-refractivity contribution in [2.24, 2.45) is 0 Å². The highest BCUT2D eigenvalue weighted by molar-refractivity contribution is 7.91. The first-order valence-corrected chi connectivity index (χ1v) is 8.68. The van der Waals surface area contributed by atoms with Crippen LogP contribution in [0.3, 0.4) is 0 Å². The second-order valence-corrected chi connectivity index (χ2v) is 7.39. The van der Waals surface area contributed by atoms with Crippen LogP contribution < -0.4 is 5.43 Å². The maximum absolute atomic E-state index is 12.9. The Hall–Kier alpha value is -2.40. The topological polar surface area (TPSA) is 56.1 Å². The van der Waals surface area contributed by atoms with Crippen molar-refractivity contribution in [1.29, 1.82) is 0 Å². The van der Waals surface area contributed by atoms with Gasteiger partial charge in [0.05, 0.1) is 16.8 Å². The summed E-state index contributed by atoms with van der Waals surface area (Å²) in [6.07, 6.45) is 0. The number of hydrogen-bond acceptors (Lipinski definition) is 3. The Morgan fingerprint density at radius 3 is 2.36 bits per heavy atom. The number of pyridine rings is 1. The molecule has 4 rings (SSSR count). The fraction of sp³-hybridized carbons (Fsp3) is 0.118. The number of sulfone groups is 1. The molecule has 0 unspecified atom stereocenters. The van der Waals surface area contributed by atoms with Gasteiger partial charge in [-0.15, -0.1) is 0 Å². The van der Waals surface area contributed by atoms with Crippen LogP contribution in [0, 0.1) is 0 Å². The number of hydrogen-bond donors (Lipinski definition) is 0. The molecule has 0 saturated heterocycles. The van der Waals surface area contributed by atoms with Gasteiger partial charge in [0, 0.05) is 11.9 Å². The van der Waals surface area contributed by atoms with Crippen LogP contribution in [-0.4, -0.2) is 18.7 Å². The molecule has 0 radical (unpaired) electrons. The van der Waals surface area contributed by atoms with Gasteiger partial charge in [-0.3, -0.25) is 4.79 Å². The molecule has 0 bridgehead atoms. The monoisotopic (exact) mass is 311 g/mol. The van der Waals surface area contributed by atoms with Crippen molar-refractivity contribution in [3.8, 4) is 11.1 Å². The largest absolute Gasteiger partial charge is 0.330 e. The van der Waals surface area contributed by atoms with E-state index in [9.17, 15) is 13.2 Å². The molecule has 0 spiro atoms. The lowest BCUT2D eigenvalue weighted by Gasteiger charge is -2.13. The fourth-order valence-corrected chi connectivity index (χ4v) is 4.75. The van der Waals surface area contributed by atoms with Crippen molar-refractivity contribution < 1.29 is 8.42 Å². The van der Waals surface area contributed by atoms with Crippen molar-refractivity contribution in [2.45, 2.75) is 11.6 Å². The van der Waals surface area contributed by atoms with Crippen LogP contribution in [0.2, 0.25) is 0 Å². The molecular formula is C17H13NO3S. The maximum atomic E-state index is 12.9. The van der Waals surface area contributed by atoms with Crippen LogP contribution in [0.25, 0.3) is 22.0 Å². The second kappa shape index (κ2) is 4.55. The average molecular weight is 311 g/mol. The summed E-state index contributed by atoms with van der Waals surface area (Å²) in [6.45, 7) is 0.387. The number of aryl methyl sites for hydroxylation is 1. The van der Waals surface area contributed by atoms with E-state index >= 15 is 0 Å². The van der Waals surface area contributed by atoms with Gasteiger partial charge in [-0.1, -0.05) is 42.5 Å². The molecule has 22 heavy (non-hydrogen) atoms. The zero-order valence-corrected chi connectivity index (χ0v) is 12.5. The molecule has 1 aliphatic rings. The molecule has 5 heteroatoms. The summed E-state index contributed by atoms with van der Waals surface area (Å²) in [4.78, 5) is 12.9. The zero-order chi connectivity index (χ0) is 15.3. The highest BCUT2D eigenvalue weighted by Crippen LogP contribution is 2.32. The van der Waals surface area contributed by atoms with E-state index in [0.717, 1.165) is 0 Å². The van der Waals surface area contributed by atoms with Crippen LogP contribution in [0.4, 0.5) is 0 Å². The summed E-state index contributed by atoms with van der Waals surface area (Å²) >= 11 is 0. The molecule has 1 aliphatic heterocycles. The van der Waals surface area contributed by atoms with Crippen LogP contribution in [-0.2, 0) is 16.4 Å². The molecular weight excluding hydrogens is 298 g/mol. The Labute approximate surface area is 127 Å². The van der Waals surface area contributed by atoms with Crippen LogP contribution in [0.5, 0.6) is 0 Å². The van der Waals surface area contributed by atoms with E-state index in [4.69, 9.17) is 0 Å². The smallest absolute Gasteiger partial charge is 0.198 e. The number of aromatic nitrogens is 1. The maximum Gasteiger partial charge on any atom is 0.198 e. The van der Waals surface area contributed by atoms with Crippen molar-refractivity contribution in [3.05, 3.63) is 64.8 Å². The van der Waals surface area contributed by atoms with Crippen molar-refractivity contribution in [1.82, 2.24) is 4.57 Å². The van der Waals surface area contributed by atoms with Crippen molar-refractivity contribution in [2.75, 3.05) is 5.75 Å². The fourth-order valence-electron chi connectivity index (χ4n) is 3.09. The standard InChI is InChI=1S/C17H13NO3S/c19-16-13-8-4-5-9-14(13)18-10-11-22(20,21)17(18)15(16)12-6-2-1-3-7-12/h1-9H,10-11H2. The third-order valence-electron chi connectivity index (χ3n) is 4.07. The quantitative estimate of drug-likeness (QED) is 0.693. The van der Waals surface area contributed by atoms with E-state index < -0.39 is 9.84 Å². The molecule has 2 heterocycles. The summed E-state index contributed by atoms with van der Waals surface area (Å²) < 4.78 is 26.7. The first-order chi connectivity index (χ1) is 10.6. The molecule has 1 aromatic heterocycles. The Morgan fingerprint density at radius 2 is 1.59 bits per heavy atom. The molecule has 0 amide bonds. The minimum absolute atomic E-state index is 0.0419. The predicted molar refractivity (Wildman–Crippen MR) is 85.7 cm³/mol. The van der Waals surface area contributed by atoms with Crippen LogP contribution >= 0.6 is 0 Å². The Balaban J connectivity index is 2.27. The van der Waals surface area contributed by atoms with Gasteiger partial charge in [-0.05, 0) is 17.7 Å². The van der Waals surface area contributed by atoms with Gasteiger partial charge in [0.15, 0.2) is 15.3 Å². The van der Waals surface area contributed by atoms with E-state index in [1.54, 1.807) is 34.9 Å². The van der Waals surface area contributed by atoms with Crippen molar-refractivity contribution in [3.63, 3.8) is 0 Å². The van der Waals surface area contributed by atoms with Gasteiger partial charge < -0.3 is 4.57 Å². The third kappa shape index (κ3) is 1.75. The predicted octanol–water partition coefficient (Wildman–Crippen LogP) is 2.46. The van der Waals surface area contributed by atoms with Gasteiger partial charge in [-0.2, -0.15) is 0 Å². The average Bonchev–Trinajstić information content (AvgIpc) is 2.85. The second-order valence-electron chi connectivity index (χ2n) is 5.36. The number of fused-ring (bicyclic) bond motifs is 3. The lowest BCUT2D eigenvalue weighted by atomic mass is 10.0. The highest BCUT2D eigenvalue weighted by Gasteiger charge is 2.32. The lowest BCUT2D eigenvalue weighted by Crippen LogP contribution is -2.15. The summed E-state index contributed by atoms with van der Waals surface area (Å²) in [7, 11) is -3.44. The molecule has 2 aromatic carbocycles. The summed E-state index contributed by atoms with van der Waals surface area (Å²) in [5, 5.41) is 0.713. The first kappa shape index (κ1) is 13.3. The molecule has 4 nitrogen and oxygen atoms in total. The number of rotatable bonds is 1. The highest BCUT2D eigenvalue weighted by atomic mass is 32.2.